The molecule has 2 aromatic rings. The number of hydrogen-bond acceptors (Lipinski definition) is 6. The van der Waals surface area contributed by atoms with Crippen LogP contribution in [0, 0.1) is 6.92 Å². The van der Waals surface area contributed by atoms with Crippen LogP contribution in [0.2, 0.25) is 0 Å². The zero-order chi connectivity index (χ0) is 19.6. The summed E-state index contributed by atoms with van der Waals surface area (Å²) in [7, 11) is 0. The highest BCUT2D eigenvalue weighted by atomic mass is 32.1. The van der Waals surface area contributed by atoms with Crippen molar-refractivity contribution in [3.05, 3.63) is 45.6 Å². The zero-order valence-corrected chi connectivity index (χ0v) is 18.1. The van der Waals surface area contributed by atoms with E-state index in [-0.39, 0.29) is 0 Å². The fraction of sp³-hybridized carbons (Fsp3) is 0.565. The number of piperidine rings is 1. The topological polar surface area (TPSA) is 28.2 Å². The molecule has 5 nitrogen and oxygen atoms in total. The smallest absolute Gasteiger partial charge is 0.231 e. The maximum absolute atomic E-state index is 5.53. The number of hydrogen-bond donors (Lipinski definition) is 0. The minimum Gasteiger partial charge on any atom is -0.454 e. The Morgan fingerprint density at radius 2 is 1.79 bits per heavy atom. The van der Waals surface area contributed by atoms with Crippen LogP contribution in [0.5, 0.6) is 11.5 Å². The first kappa shape index (κ1) is 19.4. The molecule has 1 aromatic heterocycles. The van der Waals surface area contributed by atoms with Gasteiger partial charge < -0.3 is 9.47 Å². The Labute approximate surface area is 177 Å². The maximum Gasteiger partial charge on any atom is 0.231 e. The normalized spacial score (nSPS) is 23.6. The van der Waals surface area contributed by atoms with Crippen LogP contribution < -0.4 is 9.47 Å². The van der Waals surface area contributed by atoms with Gasteiger partial charge in [0.25, 0.3) is 0 Å². The highest BCUT2D eigenvalue weighted by Gasteiger charge is 2.28. The quantitative estimate of drug-likeness (QED) is 0.747. The summed E-state index contributed by atoms with van der Waals surface area (Å²) >= 11 is 1.95. The third-order valence-corrected chi connectivity index (χ3v) is 7.41. The number of nitrogens with zero attached hydrogens (tertiary/aromatic N) is 3. The van der Waals surface area contributed by atoms with Gasteiger partial charge in [0.1, 0.15) is 0 Å². The molecule has 6 heteroatoms. The van der Waals surface area contributed by atoms with Crippen molar-refractivity contribution in [3.63, 3.8) is 0 Å². The molecule has 0 N–H and O–H groups in total. The molecule has 0 amide bonds. The van der Waals surface area contributed by atoms with E-state index in [1.807, 2.05) is 17.4 Å². The molecule has 1 atom stereocenters. The maximum atomic E-state index is 5.53. The van der Waals surface area contributed by atoms with Gasteiger partial charge in [-0.25, -0.2) is 0 Å². The van der Waals surface area contributed by atoms with Crippen molar-refractivity contribution in [2.45, 2.75) is 38.9 Å². The third-order valence-electron chi connectivity index (χ3n) is 6.42. The van der Waals surface area contributed by atoms with Gasteiger partial charge in [0.05, 0.1) is 0 Å². The number of piperazine rings is 1. The second-order valence-corrected chi connectivity index (χ2v) is 9.92. The lowest BCUT2D eigenvalue weighted by Gasteiger charge is -2.43. The van der Waals surface area contributed by atoms with Gasteiger partial charge in [-0.1, -0.05) is 6.07 Å². The molecule has 156 valence electrons. The summed E-state index contributed by atoms with van der Waals surface area (Å²) in [6, 6.07) is 11.6. The van der Waals surface area contributed by atoms with E-state index in [1.165, 1.54) is 54.3 Å². The van der Waals surface area contributed by atoms with Crippen LogP contribution in [0.3, 0.4) is 0 Å². The fourth-order valence-corrected chi connectivity index (χ4v) is 5.78. The molecule has 3 aliphatic heterocycles. The molecule has 0 saturated carbocycles. The Morgan fingerprint density at radius 3 is 2.62 bits per heavy atom. The van der Waals surface area contributed by atoms with Crippen LogP contribution in [0.25, 0.3) is 0 Å². The standard InChI is InChI=1S/C23H31N3O2S/c1-18-4-6-21(29-18)16-25-8-2-3-20(15-25)26-11-9-24(10-12-26)14-19-5-7-22-23(13-19)28-17-27-22/h4-7,13,20H,2-3,8-12,14-17H2,1H3/t20-/m1/s1. The summed E-state index contributed by atoms with van der Waals surface area (Å²) in [5.74, 6) is 1.77. The summed E-state index contributed by atoms with van der Waals surface area (Å²) in [4.78, 5) is 10.9. The van der Waals surface area contributed by atoms with E-state index >= 15 is 0 Å². The first-order chi connectivity index (χ1) is 14.2. The molecular weight excluding hydrogens is 382 g/mol. The van der Waals surface area contributed by atoms with Gasteiger partial charge in [-0.2, -0.15) is 0 Å². The summed E-state index contributed by atoms with van der Waals surface area (Å²) in [5.41, 5.74) is 1.32. The van der Waals surface area contributed by atoms with E-state index in [4.69, 9.17) is 9.47 Å². The lowest BCUT2D eigenvalue weighted by Crippen LogP contribution is -2.54. The van der Waals surface area contributed by atoms with Crippen LogP contribution >= 0.6 is 11.3 Å². The van der Waals surface area contributed by atoms with E-state index in [0.29, 0.717) is 6.79 Å². The molecular formula is C23H31N3O2S. The molecule has 3 aliphatic rings. The predicted octanol–water partition coefficient (Wildman–Crippen LogP) is 3.57. The second-order valence-electron chi connectivity index (χ2n) is 8.54. The minimum atomic E-state index is 0.349. The van der Waals surface area contributed by atoms with E-state index in [1.54, 1.807) is 0 Å². The number of benzene rings is 1. The lowest BCUT2D eigenvalue weighted by molar-refractivity contribution is 0.0480. The van der Waals surface area contributed by atoms with E-state index in [2.05, 4.69) is 45.9 Å². The number of rotatable bonds is 5. The van der Waals surface area contributed by atoms with Gasteiger partial charge in [0.15, 0.2) is 11.5 Å². The predicted molar refractivity (Wildman–Crippen MR) is 117 cm³/mol. The summed E-state index contributed by atoms with van der Waals surface area (Å²) in [5, 5.41) is 0. The molecule has 0 bridgehead atoms. The molecule has 0 radical (unpaired) electrons. The fourth-order valence-electron chi connectivity index (χ4n) is 4.85. The second kappa shape index (κ2) is 8.64. The van der Waals surface area contributed by atoms with Gasteiger partial charge in [-0.05, 0) is 56.1 Å². The van der Waals surface area contributed by atoms with Crippen LogP contribution in [-0.2, 0) is 13.1 Å². The summed E-state index contributed by atoms with van der Waals surface area (Å²) < 4.78 is 11.0. The minimum absolute atomic E-state index is 0.349. The van der Waals surface area contributed by atoms with Gasteiger partial charge in [0.2, 0.25) is 6.79 Å². The number of likely N-dealkylation sites (tertiary alicyclic amines) is 1. The van der Waals surface area contributed by atoms with Gasteiger partial charge in [-0.15, -0.1) is 11.3 Å². The van der Waals surface area contributed by atoms with Crippen molar-refractivity contribution in [3.8, 4) is 11.5 Å². The largest absolute Gasteiger partial charge is 0.454 e. The average Bonchev–Trinajstić information content (AvgIpc) is 3.37. The monoisotopic (exact) mass is 413 g/mol. The number of fused-ring (bicyclic) bond motifs is 1. The highest BCUT2D eigenvalue weighted by Crippen LogP contribution is 2.33. The molecule has 0 unspecified atom stereocenters. The van der Waals surface area contributed by atoms with Crippen LogP contribution in [-0.4, -0.2) is 66.8 Å². The Morgan fingerprint density at radius 1 is 0.931 bits per heavy atom. The molecule has 0 aliphatic carbocycles. The summed E-state index contributed by atoms with van der Waals surface area (Å²) in [6.07, 6.45) is 2.68. The molecule has 1 aromatic carbocycles. The Bertz CT molecular complexity index is 831. The SMILES string of the molecule is Cc1ccc(CN2CCC[C@@H](N3CCN(Cc4ccc5c(c4)OCO5)CC3)C2)s1. The van der Waals surface area contributed by atoms with Gasteiger partial charge in [0, 0.05) is 61.6 Å². The zero-order valence-electron chi connectivity index (χ0n) is 17.3. The third kappa shape index (κ3) is 4.61. The van der Waals surface area contributed by atoms with E-state index < -0.39 is 0 Å². The number of aryl methyl sites for hydroxylation is 1. The van der Waals surface area contributed by atoms with E-state index in [9.17, 15) is 0 Å². The Hall–Kier alpha value is -1.60. The lowest BCUT2D eigenvalue weighted by atomic mass is 10.0. The molecule has 4 heterocycles. The average molecular weight is 414 g/mol. The van der Waals surface area contributed by atoms with Gasteiger partial charge >= 0.3 is 0 Å². The highest BCUT2D eigenvalue weighted by molar-refractivity contribution is 7.11. The number of thiophene rings is 1. The molecule has 5 rings (SSSR count). The molecule has 0 spiro atoms. The van der Waals surface area contributed by atoms with Crippen LogP contribution in [0.1, 0.15) is 28.2 Å². The van der Waals surface area contributed by atoms with Gasteiger partial charge in [-0.3, -0.25) is 14.7 Å². The van der Waals surface area contributed by atoms with Crippen molar-refractivity contribution in [2.75, 3.05) is 46.1 Å². The first-order valence-electron chi connectivity index (χ1n) is 10.9. The van der Waals surface area contributed by atoms with Crippen molar-refractivity contribution >= 4 is 11.3 Å². The van der Waals surface area contributed by atoms with Crippen molar-refractivity contribution < 1.29 is 9.47 Å². The van der Waals surface area contributed by atoms with Crippen molar-refractivity contribution in [1.82, 2.24) is 14.7 Å². The molecule has 29 heavy (non-hydrogen) atoms. The number of ether oxygens (including phenoxy) is 2. The van der Waals surface area contributed by atoms with Crippen LogP contribution in [0.4, 0.5) is 0 Å². The molecule has 2 saturated heterocycles. The van der Waals surface area contributed by atoms with Crippen molar-refractivity contribution in [1.29, 1.82) is 0 Å². The Balaban J connectivity index is 1.11. The first-order valence-corrected chi connectivity index (χ1v) is 11.7. The Kier molecular flexibility index (Phi) is 5.77. The van der Waals surface area contributed by atoms with Crippen molar-refractivity contribution in [2.24, 2.45) is 0 Å². The van der Waals surface area contributed by atoms with Crippen LogP contribution in [0.15, 0.2) is 30.3 Å². The molecule has 2 fully saturated rings. The van der Waals surface area contributed by atoms with E-state index in [0.717, 1.165) is 43.7 Å². The summed E-state index contributed by atoms with van der Waals surface area (Å²) in [6.45, 7) is 11.8.